The first kappa shape index (κ1) is 21.4. The van der Waals surface area contributed by atoms with Crippen LogP contribution in [0.2, 0.25) is 0 Å². The smallest absolute Gasteiger partial charge is 0.242 e. The van der Waals surface area contributed by atoms with Gasteiger partial charge in [0.05, 0.1) is 28.1 Å². The molecule has 0 radical (unpaired) electrons. The van der Waals surface area contributed by atoms with E-state index in [1.54, 1.807) is 25.3 Å². The summed E-state index contributed by atoms with van der Waals surface area (Å²) in [5.41, 5.74) is 3.35. The zero-order valence-electron chi connectivity index (χ0n) is 17.1. The Morgan fingerprint density at radius 1 is 1.24 bits per heavy atom. The van der Waals surface area contributed by atoms with E-state index in [1.165, 1.54) is 18.4 Å². The van der Waals surface area contributed by atoms with Crippen LogP contribution in [0.15, 0.2) is 41.3 Å². The van der Waals surface area contributed by atoms with Crippen molar-refractivity contribution in [2.75, 3.05) is 21.2 Å². The molecule has 3 rings (SSSR count). The second-order valence-electron chi connectivity index (χ2n) is 6.84. The highest BCUT2D eigenvalue weighted by Gasteiger charge is 2.20. The summed E-state index contributed by atoms with van der Waals surface area (Å²) >= 11 is 6.62. The molecule has 1 aromatic heterocycles. The lowest BCUT2D eigenvalue weighted by atomic mass is 10.1. The van der Waals surface area contributed by atoms with Gasteiger partial charge in [-0.2, -0.15) is 0 Å². The molecule has 2 aromatic carbocycles. The molecule has 0 aliphatic carbocycles. The average molecular weight is 434 g/mol. The van der Waals surface area contributed by atoms with Gasteiger partial charge in [-0.25, -0.2) is 17.7 Å². The molecule has 0 amide bonds. The van der Waals surface area contributed by atoms with Crippen LogP contribution in [0.4, 0.5) is 0 Å². The number of ether oxygens (including phenoxy) is 1. The molecular weight excluding hydrogens is 410 g/mol. The third-order valence-electron chi connectivity index (χ3n) is 4.74. The Hall–Kier alpha value is -2.35. The molecule has 6 nitrogen and oxygen atoms in total. The number of rotatable bonds is 6. The molecule has 1 heterocycles. The zero-order valence-corrected chi connectivity index (χ0v) is 18.7. The third kappa shape index (κ3) is 4.03. The third-order valence-corrected chi connectivity index (χ3v) is 6.83. The zero-order chi connectivity index (χ0) is 21.3. The van der Waals surface area contributed by atoms with Gasteiger partial charge in [0.2, 0.25) is 10.0 Å². The van der Waals surface area contributed by atoms with Crippen molar-refractivity contribution in [2.24, 2.45) is 0 Å². The monoisotopic (exact) mass is 433 g/mol. The van der Waals surface area contributed by atoms with E-state index in [9.17, 15) is 8.42 Å². The number of imidazole rings is 1. The number of sulfonamides is 1. The molecule has 0 unspecified atom stereocenters. The van der Waals surface area contributed by atoms with Crippen LogP contribution in [0.1, 0.15) is 23.9 Å². The quantitative estimate of drug-likeness (QED) is 0.579. The summed E-state index contributed by atoms with van der Waals surface area (Å²) in [6, 6.07) is 10.8. The molecular formula is C21H24ClN3O3S. The van der Waals surface area contributed by atoms with Crippen molar-refractivity contribution in [2.45, 2.75) is 25.3 Å². The number of halogens is 1. The van der Waals surface area contributed by atoms with Gasteiger partial charge < -0.3 is 9.30 Å². The Morgan fingerprint density at radius 2 is 1.97 bits per heavy atom. The minimum absolute atomic E-state index is 0.202. The number of aromatic nitrogens is 2. The molecule has 8 heteroatoms. The average Bonchev–Trinajstić information content (AvgIpc) is 3.06. The predicted octanol–water partition coefficient (Wildman–Crippen LogP) is 4.36. The lowest BCUT2D eigenvalue weighted by Gasteiger charge is -2.11. The Balaban J connectivity index is 2.10. The summed E-state index contributed by atoms with van der Waals surface area (Å²) in [5, 5.41) is 0.477. The second-order valence-corrected chi connectivity index (χ2v) is 9.40. The highest BCUT2D eigenvalue weighted by molar-refractivity contribution is 7.89. The SMILES string of the molecule is CCn1c(/C(Cl)=C/c2ccc(OC)c(C)c2)nc2cc(S(=O)(=O)N(C)C)ccc21. The number of hydrogen-bond acceptors (Lipinski definition) is 4. The maximum absolute atomic E-state index is 12.4. The molecule has 0 bridgehead atoms. The van der Waals surface area contributed by atoms with Crippen molar-refractivity contribution in [3.05, 3.63) is 53.3 Å². The Labute approximate surface area is 176 Å². The molecule has 0 spiro atoms. The summed E-state index contributed by atoms with van der Waals surface area (Å²) in [6.07, 6.45) is 1.85. The van der Waals surface area contributed by atoms with Crippen molar-refractivity contribution < 1.29 is 13.2 Å². The van der Waals surface area contributed by atoms with Crippen LogP contribution < -0.4 is 4.74 Å². The van der Waals surface area contributed by atoms with E-state index >= 15 is 0 Å². The molecule has 0 atom stereocenters. The van der Waals surface area contributed by atoms with Crippen LogP contribution in [-0.2, 0) is 16.6 Å². The van der Waals surface area contributed by atoms with E-state index in [0.717, 1.165) is 22.4 Å². The van der Waals surface area contributed by atoms with Gasteiger partial charge in [-0.1, -0.05) is 17.7 Å². The van der Waals surface area contributed by atoms with Crippen LogP contribution in [-0.4, -0.2) is 43.5 Å². The van der Waals surface area contributed by atoms with E-state index in [-0.39, 0.29) is 4.90 Å². The van der Waals surface area contributed by atoms with Crippen molar-refractivity contribution in [1.82, 2.24) is 13.9 Å². The van der Waals surface area contributed by atoms with Crippen LogP contribution >= 0.6 is 11.6 Å². The minimum atomic E-state index is -3.53. The number of methoxy groups -OCH3 is 1. The molecule has 0 aliphatic rings. The normalized spacial score (nSPS) is 12.7. The van der Waals surface area contributed by atoms with Gasteiger partial charge in [0, 0.05) is 20.6 Å². The van der Waals surface area contributed by atoms with Gasteiger partial charge in [0.1, 0.15) is 5.75 Å². The van der Waals surface area contributed by atoms with Gasteiger partial charge in [-0.3, -0.25) is 0 Å². The second kappa shape index (κ2) is 8.18. The maximum Gasteiger partial charge on any atom is 0.242 e. The Kier molecular flexibility index (Phi) is 6.03. The standard InChI is InChI=1S/C21H24ClN3O3S/c1-6-25-19-9-8-16(29(26,27)24(3)4)13-18(19)23-21(25)17(22)12-15-7-10-20(28-5)14(2)11-15/h7-13H,6H2,1-5H3/b17-12-. The fourth-order valence-electron chi connectivity index (χ4n) is 3.19. The summed E-state index contributed by atoms with van der Waals surface area (Å²) in [4.78, 5) is 4.83. The number of nitrogens with zero attached hydrogens (tertiary/aromatic N) is 3. The number of fused-ring (bicyclic) bond motifs is 1. The molecule has 0 saturated heterocycles. The summed E-state index contributed by atoms with van der Waals surface area (Å²) in [5.74, 6) is 1.41. The molecule has 154 valence electrons. The first-order valence-electron chi connectivity index (χ1n) is 9.14. The topological polar surface area (TPSA) is 64.4 Å². The fourth-order valence-corrected chi connectivity index (χ4v) is 4.38. The van der Waals surface area contributed by atoms with E-state index in [0.29, 0.717) is 22.9 Å². The van der Waals surface area contributed by atoms with E-state index in [4.69, 9.17) is 16.3 Å². The lowest BCUT2D eigenvalue weighted by molar-refractivity contribution is 0.411. The minimum Gasteiger partial charge on any atom is -0.496 e. The van der Waals surface area contributed by atoms with Crippen molar-refractivity contribution in [3.8, 4) is 5.75 Å². The van der Waals surface area contributed by atoms with Crippen LogP contribution in [0, 0.1) is 6.92 Å². The van der Waals surface area contributed by atoms with Crippen LogP contribution in [0.5, 0.6) is 5.75 Å². The fraction of sp³-hybridized carbons (Fsp3) is 0.286. The van der Waals surface area contributed by atoms with Gasteiger partial charge in [0.15, 0.2) is 5.82 Å². The summed E-state index contributed by atoms with van der Waals surface area (Å²) < 4.78 is 33.3. The number of benzene rings is 2. The van der Waals surface area contributed by atoms with Crippen molar-refractivity contribution in [3.63, 3.8) is 0 Å². The van der Waals surface area contributed by atoms with Gasteiger partial charge >= 0.3 is 0 Å². The number of hydrogen-bond donors (Lipinski definition) is 0. The predicted molar refractivity (Wildman–Crippen MR) is 118 cm³/mol. The maximum atomic E-state index is 12.4. The van der Waals surface area contributed by atoms with Crippen molar-refractivity contribution >= 4 is 43.8 Å². The lowest BCUT2D eigenvalue weighted by Crippen LogP contribution is -2.22. The van der Waals surface area contributed by atoms with E-state index < -0.39 is 10.0 Å². The van der Waals surface area contributed by atoms with E-state index in [1.807, 2.05) is 42.7 Å². The Bertz CT molecular complexity index is 1200. The highest BCUT2D eigenvalue weighted by atomic mass is 35.5. The number of aryl methyl sites for hydroxylation is 2. The molecule has 3 aromatic rings. The van der Waals surface area contributed by atoms with Gasteiger partial charge in [-0.15, -0.1) is 0 Å². The van der Waals surface area contributed by atoms with Gasteiger partial charge in [-0.05, 0) is 61.4 Å². The first-order valence-corrected chi connectivity index (χ1v) is 11.0. The highest BCUT2D eigenvalue weighted by Crippen LogP contribution is 2.29. The van der Waals surface area contributed by atoms with Crippen LogP contribution in [0.25, 0.3) is 22.1 Å². The molecule has 0 fully saturated rings. The molecule has 0 N–H and O–H groups in total. The first-order chi connectivity index (χ1) is 13.7. The summed E-state index contributed by atoms with van der Waals surface area (Å²) in [7, 11) is 1.12. The van der Waals surface area contributed by atoms with Gasteiger partial charge in [0.25, 0.3) is 0 Å². The van der Waals surface area contributed by atoms with Crippen LogP contribution in [0.3, 0.4) is 0 Å². The van der Waals surface area contributed by atoms with Crippen molar-refractivity contribution in [1.29, 1.82) is 0 Å². The molecule has 29 heavy (non-hydrogen) atoms. The van der Waals surface area contributed by atoms with E-state index in [2.05, 4.69) is 4.98 Å². The molecule has 0 saturated carbocycles. The molecule has 0 aliphatic heterocycles. The Morgan fingerprint density at radius 3 is 2.55 bits per heavy atom. The summed E-state index contributed by atoms with van der Waals surface area (Å²) in [6.45, 7) is 4.62. The largest absolute Gasteiger partial charge is 0.496 e.